The van der Waals surface area contributed by atoms with Gasteiger partial charge >= 0.3 is 0 Å². The Kier molecular flexibility index (Phi) is 2.86. The number of aliphatic hydroxyl groups is 1. The minimum absolute atomic E-state index is 0.0710. The Morgan fingerprint density at radius 3 is 2.83 bits per heavy atom. The van der Waals surface area contributed by atoms with Crippen molar-refractivity contribution in [2.45, 2.75) is 51.0 Å². The number of benzene rings is 1. The highest BCUT2D eigenvalue weighted by molar-refractivity contribution is 5.45. The molecule has 1 aliphatic carbocycles. The average Bonchev–Trinajstić information content (AvgIpc) is 2.59. The predicted octanol–water partition coefficient (Wildman–Crippen LogP) is 3.58. The molecule has 18 heavy (non-hydrogen) atoms. The van der Waals surface area contributed by atoms with E-state index in [0.29, 0.717) is 0 Å². The molecule has 98 valence electrons. The van der Waals surface area contributed by atoms with Crippen molar-refractivity contribution < 1.29 is 9.84 Å². The van der Waals surface area contributed by atoms with E-state index in [0.717, 1.165) is 30.3 Å². The first kappa shape index (κ1) is 12.0. The van der Waals surface area contributed by atoms with Crippen LogP contribution in [0.4, 0.5) is 0 Å². The van der Waals surface area contributed by atoms with Gasteiger partial charge in [0.15, 0.2) is 0 Å². The Labute approximate surface area is 109 Å². The lowest BCUT2D eigenvalue weighted by molar-refractivity contribution is 0.118. The van der Waals surface area contributed by atoms with E-state index in [1.807, 2.05) is 12.1 Å². The molecule has 0 bridgehead atoms. The van der Waals surface area contributed by atoms with Gasteiger partial charge in [0, 0.05) is 11.0 Å². The fraction of sp³-hybridized carbons (Fsp3) is 0.625. The van der Waals surface area contributed by atoms with Crippen LogP contribution in [-0.2, 0) is 5.41 Å². The molecule has 2 heteroatoms. The van der Waals surface area contributed by atoms with Gasteiger partial charge in [-0.05, 0) is 30.0 Å². The summed E-state index contributed by atoms with van der Waals surface area (Å²) in [5.41, 5.74) is 2.37. The van der Waals surface area contributed by atoms with E-state index in [9.17, 15) is 5.11 Å². The van der Waals surface area contributed by atoms with Gasteiger partial charge in [0.2, 0.25) is 0 Å². The van der Waals surface area contributed by atoms with Gasteiger partial charge in [0.25, 0.3) is 0 Å². The van der Waals surface area contributed by atoms with Crippen molar-refractivity contribution in [1.82, 2.24) is 0 Å². The Morgan fingerprint density at radius 2 is 2.17 bits per heavy atom. The van der Waals surface area contributed by atoms with Gasteiger partial charge in [-0.25, -0.2) is 0 Å². The van der Waals surface area contributed by atoms with Crippen LogP contribution >= 0.6 is 0 Å². The van der Waals surface area contributed by atoms with Crippen molar-refractivity contribution in [3.05, 3.63) is 29.3 Å². The summed E-state index contributed by atoms with van der Waals surface area (Å²) < 4.78 is 5.68. The normalized spacial score (nSPS) is 23.1. The first-order chi connectivity index (χ1) is 8.56. The third-order valence-electron chi connectivity index (χ3n) is 4.49. The first-order valence-corrected chi connectivity index (χ1v) is 7.01. The van der Waals surface area contributed by atoms with Gasteiger partial charge in [-0.1, -0.05) is 39.2 Å². The first-order valence-electron chi connectivity index (χ1n) is 7.01. The van der Waals surface area contributed by atoms with Gasteiger partial charge in [-0.3, -0.25) is 0 Å². The van der Waals surface area contributed by atoms with Crippen LogP contribution in [0.1, 0.15) is 56.8 Å². The van der Waals surface area contributed by atoms with Crippen LogP contribution in [0.3, 0.4) is 0 Å². The highest BCUT2D eigenvalue weighted by atomic mass is 16.5. The zero-order chi connectivity index (χ0) is 12.8. The molecule has 1 heterocycles. The molecule has 1 aliphatic heterocycles. The maximum Gasteiger partial charge on any atom is 0.123 e. The van der Waals surface area contributed by atoms with Crippen molar-refractivity contribution in [3.63, 3.8) is 0 Å². The predicted molar refractivity (Wildman–Crippen MR) is 71.9 cm³/mol. The van der Waals surface area contributed by atoms with E-state index in [2.05, 4.69) is 19.9 Å². The zero-order valence-electron chi connectivity index (χ0n) is 11.3. The molecule has 1 saturated carbocycles. The van der Waals surface area contributed by atoms with Gasteiger partial charge in [0.05, 0.1) is 12.7 Å². The molecule has 1 fully saturated rings. The van der Waals surface area contributed by atoms with Crippen LogP contribution in [0.15, 0.2) is 18.2 Å². The number of ether oxygens (including phenoxy) is 1. The van der Waals surface area contributed by atoms with Gasteiger partial charge in [-0.2, -0.15) is 0 Å². The summed E-state index contributed by atoms with van der Waals surface area (Å²) in [4.78, 5) is 0. The summed E-state index contributed by atoms with van der Waals surface area (Å²) in [6, 6.07) is 6.18. The Balaban J connectivity index is 1.81. The third-order valence-corrected chi connectivity index (χ3v) is 4.49. The maximum absolute atomic E-state index is 10.3. The highest BCUT2D eigenvalue weighted by Crippen LogP contribution is 2.41. The van der Waals surface area contributed by atoms with Crippen LogP contribution in [0.5, 0.6) is 5.75 Å². The quantitative estimate of drug-likeness (QED) is 0.883. The standard InChI is InChI=1S/C16H22O2/c1-16(2)10-18-15-7-6-12(9-13(15)16)14(17)8-11-4-3-5-11/h6-7,9,11,14,17H,3-5,8,10H2,1-2H3. The van der Waals surface area contributed by atoms with E-state index >= 15 is 0 Å². The van der Waals surface area contributed by atoms with Crippen LogP contribution in [-0.4, -0.2) is 11.7 Å². The summed E-state index contributed by atoms with van der Waals surface area (Å²) in [6.45, 7) is 5.13. The third kappa shape index (κ3) is 2.03. The lowest BCUT2D eigenvalue weighted by Crippen LogP contribution is -2.19. The van der Waals surface area contributed by atoms with E-state index in [4.69, 9.17) is 4.74 Å². The van der Waals surface area contributed by atoms with Gasteiger partial charge in [0.1, 0.15) is 5.75 Å². The number of rotatable bonds is 3. The molecule has 2 aliphatic rings. The molecule has 2 nitrogen and oxygen atoms in total. The van der Waals surface area contributed by atoms with Crippen molar-refractivity contribution in [1.29, 1.82) is 0 Å². The molecule has 0 aromatic heterocycles. The minimum Gasteiger partial charge on any atom is -0.492 e. The number of hydrogen-bond donors (Lipinski definition) is 1. The van der Waals surface area contributed by atoms with E-state index < -0.39 is 0 Å². The molecule has 0 spiro atoms. The Morgan fingerprint density at radius 1 is 1.39 bits per heavy atom. The fourth-order valence-electron chi connectivity index (χ4n) is 2.93. The smallest absolute Gasteiger partial charge is 0.123 e. The van der Waals surface area contributed by atoms with Crippen LogP contribution < -0.4 is 4.74 Å². The molecule has 1 unspecified atom stereocenters. The maximum atomic E-state index is 10.3. The monoisotopic (exact) mass is 246 g/mol. The SMILES string of the molecule is CC1(C)COc2ccc(C(O)CC3CCC3)cc21. The van der Waals surface area contributed by atoms with E-state index in [-0.39, 0.29) is 11.5 Å². The lowest BCUT2D eigenvalue weighted by Gasteiger charge is -2.28. The molecule has 1 aromatic rings. The van der Waals surface area contributed by atoms with Crippen molar-refractivity contribution in [2.24, 2.45) is 5.92 Å². The molecular weight excluding hydrogens is 224 g/mol. The van der Waals surface area contributed by atoms with Gasteiger partial charge < -0.3 is 9.84 Å². The van der Waals surface area contributed by atoms with Crippen molar-refractivity contribution in [2.75, 3.05) is 6.61 Å². The summed E-state index contributed by atoms with van der Waals surface area (Å²) >= 11 is 0. The molecule has 3 rings (SSSR count). The second kappa shape index (κ2) is 4.27. The van der Waals surface area contributed by atoms with Crippen molar-refractivity contribution >= 4 is 0 Å². The molecule has 0 amide bonds. The zero-order valence-corrected chi connectivity index (χ0v) is 11.3. The fourth-order valence-corrected chi connectivity index (χ4v) is 2.93. The number of hydrogen-bond acceptors (Lipinski definition) is 2. The topological polar surface area (TPSA) is 29.5 Å². The molecular formula is C16H22O2. The molecule has 1 atom stereocenters. The van der Waals surface area contributed by atoms with Crippen LogP contribution in [0.2, 0.25) is 0 Å². The summed E-state index contributed by atoms with van der Waals surface area (Å²) in [5.74, 6) is 1.72. The van der Waals surface area contributed by atoms with Crippen molar-refractivity contribution in [3.8, 4) is 5.75 Å². The highest BCUT2D eigenvalue weighted by Gasteiger charge is 2.32. The van der Waals surface area contributed by atoms with Crippen LogP contribution in [0.25, 0.3) is 0 Å². The Bertz CT molecular complexity index is 446. The average molecular weight is 246 g/mol. The number of aliphatic hydroxyl groups excluding tert-OH is 1. The Hall–Kier alpha value is -1.02. The molecule has 0 radical (unpaired) electrons. The minimum atomic E-state index is -0.308. The molecule has 0 saturated heterocycles. The van der Waals surface area contributed by atoms with Crippen LogP contribution in [0, 0.1) is 5.92 Å². The summed E-state index contributed by atoms with van der Waals surface area (Å²) in [6.07, 6.45) is 4.52. The summed E-state index contributed by atoms with van der Waals surface area (Å²) in [7, 11) is 0. The second-order valence-corrected chi connectivity index (χ2v) is 6.48. The largest absolute Gasteiger partial charge is 0.492 e. The number of fused-ring (bicyclic) bond motifs is 1. The molecule has 1 N–H and O–H groups in total. The van der Waals surface area contributed by atoms with E-state index in [1.165, 1.54) is 24.8 Å². The van der Waals surface area contributed by atoms with E-state index in [1.54, 1.807) is 0 Å². The second-order valence-electron chi connectivity index (χ2n) is 6.48. The molecule has 1 aromatic carbocycles. The van der Waals surface area contributed by atoms with Gasteiger partial charge in [-0.15, -0.1) is 0 Å². The summed E-state index contributed by atoms with van der Waals surface area (Å²) in [5, 5.41) is 10.3. The lowest BCUT2D eigenvalue weighted by atomic mass is 9.79.